The van der Waals surface area contributed by atoms with Crippen LogP contribution in [0.4, 0.5) is 0 Å². The quantitative estimate of drug-likeness (QED) is 0.411. The van der Waals surface area contributed by atoms with Gasteiger partial charge in [-0.2, -0.15) is 0 Å². The Morgan fingerprint density at radius 3 is 2.48 bits per heavy atom. The second-order valence-corrected chi connectivity index (χ2v) is 7.30. The summed E-state index contributed by atoms with van der Waals surface area (Å²) in [5, 5.41) is 1.86. The van der Waals surface area contributed by atoms with E-state index < -0.39 is 19.7 Å². The van der Waals surface area contributed by atoms with E-state index in [9.17, 15) is 9.36 Å². The Morgan fingerprint density at radius 2 is 2.00 bits per heavy atom. The van der Waals surface area contributed by atoms with Gasteiger partial charge < -0.3 is 15.5 Å². The molecule has 0 aliphatic rings. The van der Waals surface area contributed by atoms with Gasteiger partial charge >= 0.3 is 7.60 Å². The van der Waals surface area contributed by atoms with Crippen LogP contribution in [0.5, 0.6) is 0 Å². The number of carbonyl (C=O) groups excluding carboxylic acids is 1. The average molecular weight is 392 g/mol. The number of thiazole rings is 1. The first kappa shape index (κ1) is 16.3. The van der Waals surface area contributed by atoms with Crippen LogP contribution in [0, 0.1) is 0 Å². The summed E-state index contributed by atoms with van der Waals surface area (Å²) >= 11 is 4.28. The minimum Gasteiger partial charge on any atom is -0.321 e. The number of benzene rings is 1. The lowest BCUT2D eigenvalue weighted by molar-refractivity contribution is 0.0845. The minimum atomic E-state index is -4.29. The molecule has 2 aromatic rings. The summed E-state index contributed by atoms with van der Waals surface area (Å²) in [5.41, 5.74) is 6.47. The first-order valence-electron chi connectivity index (χ1n) is 5.61. The van der Waals surface area contributed by atoms with E-state index in [1.165, 1.54) is 41.8 Å². The van der Waals surface area contributed by atoms with E-state index in [2.05, 4.69) is 21.1 Å². The number of hydrogen-bond acceptors (Lipinski definition) is 5. The smallest absolute Gasteiger partial charge is 0.321 e. The van der Waals surface area contributed by atoms with Crippen molar-refractivity contribution in [2.75, 3.05) is 0 Å². The lowest BCUT2D eigenvalue weighted by Gasteiger charge is -2.21. The van der Waals surface area contributed by atoms with Gasteiger partial charge in [-0.25, -0.2) is 4.98 Å². The van der Waals surface area contributed by atoms with Crippen molar-refractivity contribution in [1.82, 2.24) is 8.91 Å². The van der Waals surface area contributed by atoms with Gasteiger partial charge in [0.2, 0.25) is 0 Å². The average Bonchev–Trinajstić information content (AvgIpc) is 2.98. The molecule has 1 atom stereocenters. The molecule has 1 heterocycles. The van der Waals surface area contributed by atoms with Crippen LogP contribution >= 0.6 is 35.1 Å². The van der Waals surface area contributed by atoms with Gasteiger partial charge in [-0.3, -0.25) is 13.3 Å². The third-order valence-corrected chi connectivity index (χ3v) is 5.12. The van der Waals surface area contributed by atoms with Crippen molar-refractivity contribution in [2.45, 2.75) is 6.17 Å². The van der Waals surface area contributed by atoms with Crippen LogP contribution in [0.3, 0.4) is 0 Å². The number of halogens is 1. The summed E-state index contributed by atoms with van der Waals surface area (Å²) in [6, 6.07) is 5.49. The molecule has 2 rings (SSSR count). The fourth-order valence-corrected chi connectivity index (χ4v) is 3.17. The molecule has 0 fully saturated rings. The highest BCUT2D eigenvalue weighted by molar-refractivity contribution is 9.07. The van der Waals surface area contributed by atoms with E-state index in [1.54, 1.807) is 5.38 Å². The topological polar surface area (TPSA) is 117 Å². The Morgan fingerprint density at radius 1 is 1.38 bits per heavy atom. The van der Waals surface area contributed by atoms with Crippen molar-refractivity contribution in [3.63, 3.8) is 0 Å². The molecule has 7 nitrogen and oxygen atoms in total. The van der Waals surface area contributed by atoms with Crippen LogP contribution < -0.4 is 11.0 Å². The van der Waals surface area contributed by atoms with E-state index in [0.717, 1.165) is 3.93 Å². The number of nitrogens with zero attached hydrogens (tertiary/aromatic N) is 2. The lowest BCUT2D eigenvalue weighted by atomic mass is 10.2. The number of hydrogen-bond donors (Lipinski definition) is 3. The zero-order chi connectivity index (χ0) is 15.6. The summed E-state index contributed by atoms with van der Waals surface area (Å²) in [4.78, 5) is 34.0. The second kappa shape index (κ2) is 6.35. The fraction of sp³-hybridized carbons (Fsp3) is 0.0909. The predicted molar refractivity (Wildman–Crippen MR) is 82.3 cm³/mol. The van der Waals surface area contributed by atoms with Crippen molar-refractivity contribution >= 4 is 46.3 Å². The summed E-state index contributed by atoms with van der Waals surface area (Å²) < 4.78 is 12.2. The first-order chi connectivity index (χ1) is 9.80. The highest BCUT2D eigenvalue weighted by Crippen LogP contribution is 2.33. The summed E-state index contributed by atoms with van der Waals surface area (Å²) in [5.74, 6) is -0.392. The van der Waals surface area contributed by atoms with Gasteiger partial charge in [0.25, 0.3) is 5.91 Å². The van der Waals surface area contributed by atoms with E-state index in [4.69, 9.17) is 15.5 Å². The summed E-state index contributed by atoms with van der Waals surface area (Å²) in [6.07, 6.45) is 0.700. The largest absolute Gasteiger partial charge is 0.356 e. The maximum absolute atomic E-state index is 12.1. The van der Waals surface area contributed by atoms with Gasteiger partial charge in [-0.1, -0.05) is 12.1 Å². The zero-order valence-electron chi connectivity index (χ0n) is 10.5. The Hall–Kier alpha value is -1.09. The van der Waals surface area contributed by atoms with Crippen LogP contribution in [-0.4, -0.2) is 24.6 Å². The van der Waals surface area contributed by atoms with E-state index in [0.29, 0.717) is 5.56 Å². The molecule has 112 valence electrons. The van der Waals surface area contributed by atoms with Crippen molar-refractivity contribution in [3.8, 4) is 0 Å². The van der Waals surface area contributed by atoms with Crippen LogP contribution in [0.1, 0.15) is 21.5 Å². The minimum absolute atomic E-state index is 0.106. The molecule has 10 heteroatoms. The molecule has 0 radical (unpaired) electrons. The summed E-state index contributed by atoms with van der Waals surface area (Å²) in [6.45, 7) is 0. The van der Waals surface area contributed by atoms with E-state index >= 15 is 0 Å². The van der Waals surface area contributed by atoms with Gasteiger partial charge in [0.15, 0.2) is 5.01 Å². The fourth-order valence-electron chi connectivity index (χ4n) is 1.54. The number of aromatic nitrogens is 1. The molecular formula is C11H11BrN3O4PS. The summed E-state index contributed by atoms with van der Waals surface area (Å²) in [7, 11) is -4.29. The van der Waals surface area contributed by atoms with Gasteiger partial charge in [0, 0.05) is 11.6 Å². The molecule has 0 saturated carbocycles. The molecule has 0 bridgehead atoms. The van der Waals surface area contributed by atoms with Gasteiger partial charge in [-0.15, -0.1) is 11.3 Å². The van der Waals surface area contributed by atoms with Crippen molar-refractivity contribution in [2.24, 2.45) is 5.73 Å². The van der Waals surface area contributed by atoms with Crippen LogP contribution in [-0.2, 0) is 4.57 Å². The number of amides is 1. The molecule has 1 amide bonds. The number of nitrogens with two attached hydrogens (primary N) is 1. The van der Waals surface area contributed by atoms with E-state index in [-0.39, 0.29) is 10.3 Å². The Bertz CT molecular complexity index is 673. The third kappa shape index (κ3) is 3.76. The molecule has 1 aromatic heterocycles. The van der Waals surface area contributed by atoms with Crippen molar-refractivity contribution < 1.29 is 19.1 Å². The Balaban J connectivity index is 2.18. The molecule has 0 saturated heterocycles. The third-order valence-electron chi connectivity index (χ3n) is 2.62. The maximum Gasteiger partial charge on any atom is 0.356 e. The molecule has 4 N–H and O–H groups in total. The highest BCUT2D eigenvalue weighted by Gasteiger charge is 2.24. The molecule has 0 aliphatic heterocycles. The Kier molecular flexibility index (Phi) is 4.92. The molecule has 0 spiro atoms. The molecule has 21 heavy (non-hydrogen) atoms. The normalized spacial score (nSPS) is 13.0. The zero-order valence-corrected chi connectivity index (χ0v) is 13.8. The molecule has 0 aliphatic carbocycles. The lowest BCUT2D eigenvalue weighted by Crippen LogP contribution is -2.32. The standard InChI is InChI=1S/C11H11BrN3O4PS/c12-15(11(16)10-14-5-6-21-10)9(13)7-1-3-8(4-2-7)20(17,18)19/h1-6,9H,13H2,(H2,17,18,19). The van der Waals surface area contributed by atoms with Crippen molar-refractivity contribution in [1.29, 1.82) is 0 Å². The first-order valence-corrected chi connectivity index (χ1v) is 8.81. The van der Waals surface area contributed by atoms with Gasteiger partial charge in [-0.05, 0) is 17.7 Å². The molecule has 1 unspecified atom stereocenters. The van der Waals surface area contributed by atoms with Gasteiger partial charge in [0.1, 0.15) is 6.17 Å². The SMILES string of the molecule is NC(c1ccc(P(=O)(O)O)cc1)N(Br)C(=O)c1nccs1. The van der Waals surface area contributed by atoms with E-state index in [1.807, 2.05) is 0 Å². The van der Waals surface area contributed by atoms with Crippen LogP contribution in [0.2, 0.25) is 0 Å². The number of carbonyl (C=O) groups is 1. The Labute approximate surface area is 132 Å². The van der Waals surface area contributed by atoms with Crippen molar-refractivity contribution in [3.05, 3.63) is 46.4 Å². The predicted octanol–water partition coefficient (Wildman–Crippen LogP) is 1.36. The molecular weight excluding hydrogens is 381 g/mol. The second-order valence-electron chi connectivity index (χ2n) is 4.03. The molecule has 1 aromatic carbocycles. The van der Waals surface area contributed by atoms with Crippen LogP contribution in [0.25, 0.3) is 0 Å². The maximum atomic E-state index is 12.1. The highest BCUT2D eigenvalue weighted by atomic mass is 79.9. The van der Waals surface area contributed by atoms with Gasteiger partial charge in [0.05, 0.1) is 21.5 Å². The monoisotopic (exact) mass is 391 g/mol. The van der Waals surface area contributed by atoms with Crippen LogP contribution in [0.15, 0.2) is 35.8 Å². The number of rotatable bonds is 4.